The molecule has 3 nitrogen and oxygen atoms in total. The average molecular weight is 309 g/mol. The number of nitrogens with one attached hydrogen (secondary N) is 1. The van der Waals surface area contributed by atoms with E-state index in [1.165, 1.54) is 0 Å². The molecular formula is C15H17ClN2OS. The van der Waals surface area contributed by atoms with Crippen molar-refractivity contribution in [1.29, 1.82) is 0 Å². The third-order valence-corrected chi connectivity index (χ3v) is 4.45. The van der Waals surface area contributed by atoms with E-state index >= 15 is 0 Å². The van der Waals surface area contributed by atoms with Gasteiger partial charge in [0.15, 0.2) is 0 Å². The molecule has 106 valence electrons. The Balaban J connectivity index is 2.18. The third-order valence-electron chi connectivity index (χ3n) is 3.04. The molecule has 3 N–H and O–H groups in total. The van der Waals surface area contributed by atoms with Gasteiger partial charge in [-0.1, -0.05) is 37.1 Å². The van der Waals surface area contributed by atoms with E-state index in [9.17, 15) is 4.79 Å². The van der Waals surface area contributed by atoms with Gasteiger partial charge in [-0.2, -0.15) is 0 Å². The van der Waals surface area contributed by atoms with E-state index in [0.29, 0.717) is 16.3 Å². The summed E-state index contributed by atoms with van der Waals surface area (Å²) in [5, 5.41) is 5.36. The first kappa shape index (κ1) is 14.9. The first-order chi connectivity index (χ1) is 9.63. The summed E-state index contributed by atoms with van der Waals surface area (Å²) in [6, 6.07) is 9.14. The van der Waals surface area contributed by atoms with Gasteiger partial charge in [0, 0.05) is 4.88 Å². The van der Waals surface area contributed by atoms with Crippen LogP contribution < -0.4 is 11.1 Å². The summed E-state index contributed by atoms with van der Waals surface area (Å²) in [5.41, 5.74) is 6.57. The Hall–Kier alpha value is -1.52. The first-order valence-electron chi connectivity index (χ1n) is 6.51. The van der Waals surface area contributed by atoms with Crippen LogP contribution in [-0.4, -0.2) is 5.91 Å². The Labute approximate surface area is 127 Å². The lowest BCUT2D eigenvalue weighted by atomic mass is 10.1. The minimum atomic E-state index is -0.186. The van der Waals surface area contributed by atoms with E-state index in [4.69, 9.17) is 17.3 Å². The zero-order valence-corrected chi connectivity index (χ0v) is 12.8. The smallest absolute Gasteiger partial charge is 0.253 e. The van der Waals surface area contributed by atoms with Gasteiger partial charge in [0.05, 0.1) is 22.3 Å². The van der Waals surface area contributed by atoms with E-state index in [1.54, 1.807) is 29.5 Å². The van der Waals surface area contributed by atoms with Gasteiger partial charge in [0.25, 0.3) is 5.91 Å². The van der Waals surface area contributed by atoms with Gasteiger partial charge >= 0.3 is 0 Å². The normalized spacial score (nSPS) is 12.1. The highest BCUT2D eigenvalue weighted by Crippen LogP contribution is 2.26. The standard InChI is InChI=1S/C15H17ClN2OS/c1-2-5-12(13-8-4-9-20-13)18-15(19)10-6-3-7-11(17)14(10)16/h3-4,6-9,12H,2,5,17H2,1H3,(H,18,19). The van der Waals surface area contributed by atoms with Crippen LogP contribution in [0.15, 0.2) is 35.7 Å². The number of amides is 1. The van der Waals surface area contributed by atoms with Crippen LogP contribution in [0.1, 0.15) is 41.0 Å². The highest BCUT2D eigenvalue weighted by molar-refractivity contribution is 7.10. The molecule has 0 aliphatic carbocycles. The van der Waals surface area contributed by atoms with E-state index in [0.717, 1.165) is 17.7 Å². The molecule has 0 bridgehead atoms. The molecule has 1 aromatic heterocycles. The fourth-order valence-electron chi connectivity index (χ4n) is 2.02. The maximum atomic E-state index is 12.4. The monoisotopic (exact) mass is 308 g/mol. The lowest BCUT2D eigenvalue weighted by Crippen LogP contribution is -2.28. The van der Waals surface area contributed by atoms with Gasteiger partial charge in [-0.05, 0) is 30.0 Å². The van der Waals surface area contributed by atoms with Crippen molar-refractivity contribution >= 4 is 34.5 Å². The SMILES string of the molecule is CCCC(NC(=O)c1cccc(N)c1Cl)c1cccs1. The summed E-state index contributed by atoms with van der Waals surface area (Å²) >= 11 is 7.73. The van der Waals surface area contributed by atoms with Crippen LogP contribution in [0.2, 0.25) is 5.02 Å². The number of nitrogens with two attached hydrogens (primary N) is 1. The fraction of sp³-hybridized carbons (Fsp3) is 0.267. The van der Waals surface area contributed by atoms with Crippen molar-refractivity contribution in [3.05, 3.63) is 51.2 Å². The minimum Gasteiger partial charge on any atom is -0.398 e. The number of rotatable bonds is 5. The van der Waals surface area contributed by atoms with Crippen LogP contribution >= 0.6 is 22.9 Å². The highest BCUT2D eigenvalue weighted by atomic mass is 35.5. The zero-order valence-electron chi connectivity index (χ0n) is 11.2. The quantitative estimate of drug-likeness (QED) is 0.811. The molecule has 2 aromatic rings. The average Bonchev–Trinajstić information content (AvgIpc) is 2.95. The van der Waals surface area contributed by atoms with Crippen LogP contribution in [0.5, 0.6) is 0 Å². The number of carbonyl (C=O) groups is 1. The molecule has 0 aliphatic rings. The second-order valence-electron chi connectivity index (χ2n) is 4.54. The predicted octanol–water partition coefficient (Wildman–Crippen LogP) is 4.25. The van der Waals surface area contributed by atoms with Crippen molar-refractivity contribution in [2.45, 2.75) is 25.8 Å². The number of carbonyl (C=O) groups excluding carboxylic acids is 1. The van der Waals surface area contributed by atoms with Crippen molar-refractivity contribution in [3.63, 3.8) is 0 Å². The van der Waals surface area contributed by atoms with Crippen molar-refractivity contribution in [2.75, 3.05) is 5.73 Å². The molecule has 1 amide bonds. The van der Waals surface area contributed by atoms with Crippen LogP contribution in [0.4, 0.5) is 5.69 Å². The van der Waals surface area contributed by atoms with Crippen molar-refractivity contribution in [2.24, 2.45) is 0 Å². The van der Waals surface area contributed by atoms with Crippen molar-refractivity contribution < 1.29 is 4.79 Å². The van der Waals surface area contributed by atoms with E-state index in [2.05, 4.69) is 12.2 Å². The first-order valence-corrected chi connectivity index (χ1v) is 7.77. The number of benzene rings is 1. The van der Waals surface area contributed by atoms with Crippen molar-refractivity contribution in [1.82, 2.24) is 5.32 Å². The molecule has 0 aliphatic heterocycles. The van der Waals surface area contributed by atoms with Gasteiger partial charge in [0.2, 0.25) is 0 Å². The molecule has 0 saturated heterocycles. The molecule has 1 aromatic carbocycles. The van der Waals surface area contributed by atoms with E-state index < -0.39 is 0 Å². The summed E-state index contributed by atoms with van der Waals surface area (Å²) in [6.45, 7) is 2.10. The molecule has 2 rings (SSSR count). The Morgan fingerprint density at radius 1 is 1.40 bits per heavy atom. The summed E-state index contributed by atoms with van der Waals surface area (Å²) in [4.78, 5) is 13.5. The molecular weight excluding hydrogens is 292 g/mol. The summed E-state index contributed by atoms with van der Waals surface area (Å²) < 4.78 is 0. The number of anilines is 1. The summed E-state index contributed by atoms with van der Waals surface area (Å²) in [7, 11) is 0. The second-order valence-corrected chi connectivity index (χ2v) is 5.90. The Morgan fingerprint density at radius 3 is 2.85 bits per heavy atom. The zero-order chi connectivity index (χ0) is 14.5. The summed E-state index contributed by atoms with van der Waals surface area (Å²) in [6.07, 6.45) is 1.89. The van der Waals surface area contributed by atoms with Gasteiger partial charge in [0.1, 0.15) is 0 Å². The van der Waals surface area contributed by atoms with Gasteiger partial charge in [-0.25, -0.2) is 0 Å². The Bertz CT molecular complexity index is 584. The van der Waals surface area contributed by atoms with Crippen LogP contribution in [0.3, 0.4) is 0 Å². The van der Waals surface area contributed by atoms with Crippen LogP contribution in [0, 0.1) is 0 Å². The Kier molecular flexibility index (Phi) is 5.04. The maximum absolute atomic E-state index is 12.4. The number of hydrogen-bond acceptors (Lipinski definition) is 3. The second kappa shape index (κ2) is 6.77. The summed E-state index contributed by atoms with van der Waals surface area (Å²) in [5.74, 6) is -0.186. The maximum Gasteiger partial charge on any atom is 0.253 e. The topological polar surface area (TPSA) is 55.1 Å². The lowest BCUT2D eigenvalue weighted by molar-refractivity contribution is 0.0935. The van der Waals surface area contributed by atoms with Crippen LogP contribution in [0.25, 0.3) is 0 Å². The molecule has 0 saturated carbocycles. The van der Waals surface area contributed by atoms with E-state index in [1.807, 2.05) is 17.5 Å². The van der Waals surface area contributed by atoms with Gasteiger partial charge in [-0.15, -0.1) is 11.3 Å². The third kappa shape index (κ3) is 3.32. The molecule has 1 heterocycles. The largest absolute Gasteiger partial charge is 0.398 e. The number of nitrogen functional groups attached to an aromatic ring is 1. The molecule has 0 spiro atoms. The highest BCUT2D eigenvalue weighted by Gasteiger charge is 2.18. The van der Waals surface area contributed by atoms with Crippen LogP contribution in [-0.2, 0) is 0 Å². The van der Waals surface area contributed by atoms with Gasteiger partial charge in [-0.3, -0.25) is 4.79 Å². The molecule has 1 atom stereocenters. The lowest BCUT2D eigenvalue weighted by Gasteiger charge is -2.17. The molecule has 20 heavy (non-hydrogen) atoms. The Morgan fingerprint density at radius 2 is 2.20 bits per heavy atom. The fourth-order valence-corrected chi connectivity index (χ4v) is 3.05. The number of halogens is 1. The van der Waals surface area contributed by atoms with E-state index in [-0.39, 0.29) is 11.9 Å². The molecule has 0 fully saturated rings. The molecule has 1 unspecified atom stereocenters. The van der Waals surface area contributed by atoms with Gasteiger partial charge < -0.3 is 11.1 Å². The predicted molar refractivity (Wildman–Crippen MR) is 85.3 cm³/mol. The number of hydrogen-bond donors (Lipinski definition) is 2. The number of thiophene rings is 1. The molecule has 5 heteroatoms. The van der Waals surface area contributed by atoms with Crippen molar-refractivity contribution in [3.8, 4) is 0 Å². The minimum absolute atomic E-state index is 0.0185. The molecule has 0 radical (unpaired) electrons.